The summed E-state index contributed by atoms with van der Waals surface area (Å²) >= 11 is 0. The molecule has 4 aliphatic carbocycles. The van der Waals surface area contributed by atoms with Gasteiger partial charge in [-0.2, -0.15) is 0 Å². The molecule has 0 aliphatic heterocycles. The van der Waals surface area contributed by atoms with Gasteiger partial charge in [0.2, 0.25) is 0 Å². The smallest absolute Gasteiger partial charge is 0.0181 e. The zero-order valence-corrected chi connectivity index (χ0v) is 9.44. The van der Waals surface area contributed by atoms with Crippen molar-refractivity contribution >= 4 is 0 Å². The minimum atomic E-state index is 0.881. The Hall–Kier alpha value is 0. The van der Waals surface area contributed by atoms with E-state index in [0.29, 0.717) is 0 Å². The van der Waals surface area contributed by atoms with Crippen LogP contribution in [0.5, 0.6) is 0 Å². The maximum Gasteiger partial charge on any atom is -0.0181 e. The molecule has 3 atom stereocenters. The molecule has 0 N–H and O–H groups in total. The fraction of sp³-hybridized carbons (Fsp3) is 1.00. The molecule has 0 bridgehead atoms. The largest absolute Gasteiger partial charge is 0.0620 e. The van der Waals surface area contributed by atoms with Crippen LogP contribution in [-0.4, -0.2) is 0 Å². The Morgan fingerprint density at radius 2 is 1.64 bits per heavy atom. The van der Waals surface area contributed by atoms with E-state index in [2.05, 4.69) is 6.92 Å². The van der Waals surface area contributed by atoms with Crippen molar-refractivity contribution in [1.29, 1.82) is 0 Å². The molecule has 0 radical (unpaired) electrons. The molecule has 3 spiro atoms. The van der Waals surface area contributed by atoms with Crippen molar-refractivity contribution in [1.82, 2.24) is 0 Å². The minimum absolute atomic E-state index is 0.881. The summed E-state index contributed by atoms with van der Waals surface area (Å²) in [5.41, 5.74) is 2.68. The quantitative estimate of drug-likeness (QED) is 0.538. The normalized spacial score (nSPS) is 57.6. The van der Waals surface area contributed by atoms with Crippen molar-refractivity contribution in [3.63, 3.8) is 0 Å². The summed E-state index contributed by atoms with van der Waals surface area (Å²) in [6, 6.07) is 0. The van der Waals surface area contributed by atoms with Gasteiger partial charge in [0.25, 0.3) is 0 Å². The van der Waals surface area contributed by atoms with Gasteiger partial charge in [-0.25, -0.2) is 0 Å². The van der Waals surface area contributed by atoms with Crippen LogP contribution in [0.1, 0.15) is 64.7 Å². The molecule has 0 aromatic rings. The van der Waals surface area contributed by atoms with Crippen molar-refractivity contribution in [3.8, 4) is 0 Å². The molecule has 3 unspecified atom stereocenters. The van der Waals surface area contributed by atoms with Crippen molar-refractivity contribution in [3.05, 3.63) is 0 Å². The molecular weight excluding hydrogens is 168 g/mol. The molecule has 4 aliphatic rings. The molecule has 4 saturated carbocycles. The number of hydrogen-bond acceptors (Lipinski definition) is 0. The fourth-order valence-corrected chi connectivity index (χ4v) is 5.89. The highest BCUT2D eigenvalue weighted by molar-refractivity contribution is 5.25. The van der Waals surface area contributed by atoms with Crippen LogP contribution in [0.3, 0.4) is 0 Å². The van der Waals surface area contributed by atoms with Crippen LogP contribution in [0.2, 0.25) is 0 Å². The Morgan fingerprint density at radius 1 is 0.857 bits per heavy atom. The maximum absolute atomic E-state index is 2.54. The van der Waals surface area contributed by atoms with Gasteiger partial charge < -0.3 is 0 Å². The molecule has 4 fully saturated rings. The summed E-state index contributed by atoms with van der Waals surface area (Å²) < 4.78 is 0. The zero-order chi connectivity index (χ0) is 9.44. The highest BCUT2D eigenvalue weighted by atomic mass is 14.8. The van der Waals surface area contributed by atoms with E-state index in [1.54, 1.807) is 51.4 Å². The van der Waals surface area contributed by atoms with Crippen LogP contribution in [0.4, 0.5) is 0 Å². The SMILES string of the molecule is CC1CCC12CCC21CCC12CCC2. The van der Waals surface area contributed by atoms with Crippen LogP contribution in [-0.2, 0) is 0 Å². The van der Waals surface area contributed by atoms with Crippen LogP contribution in [0.15, 0.2) is 0 Å². The molecule has 78 valence electrons. The van der Waals surface area contributed by atoms with Crippen molar-refractivity contribution < 1.29 is 0 Å². The standard InChI is InChI=1S/C14H22/c1-11-3-6-13(11)8-10-14(13)9-7-12(14)4-2-5-12/h11H,2-10H2,1H3. The molecule has 0 aromatic carbocycles. The highest BCUT2D eigenvalue weighted by Crippen LogP contribution is 2.85. The van der Waals surface area contributed by atoms with E-state index in [0.717, 1.165) is 22.2 Å². The van der Waals surface area contributed by atoms with Gasteiger partial charge in [0.1, 0.15) is 0 Å². The van der Waals surface area contributed by atoms with Gasteiger partial charge in [-0.15, -0.1) is 0 Å². The monoisotopic (exact) mass is 190 g/mol. The first-order chi connectivity index (χ1) is 6.75. The van der Waals surface area contributed by atoms with Crippen LogP contribution in [0.25, 0.3) is 0 Å². The summed E-state index contributed by atoms with van der Waals surface area (Å²) in [5.74, 6) is 1.08. The molecule has 0 amide bonds. The molecule has 0 heteroatoms. The van der Waals surface area contributed by atoms with E-state index in [9.17, 15) is 0 Å². The Labute approximate surface area is 87.5 Å². The number of fused-ring (bicyclic) bond motifs is 2. The average Bonchev–Trinajstić information content (AvgIpc) is 1.95. The first-order valence-corrected chi connectivity index (χ1v) is 6.75. The lowest BCUT2D eigenvalue weighted by atomic mass is 9.23. The fourth-order valence-electron chi connectivity index (χ4n) is 5.89. The zero-order valence-electron chi connectivity index (χ0n) is 9.44. The van der Waals surface area contributed by atoms with E-state index in [4.69, 9.17) is 0 Å². The van der Waals surface area contributed by atoms with E-state index < -0.39 is 0 Å². The summed E-state index contributed by atoms with van der Waals surface area (Å²) in [5, 5.41) is 0. The van der Waals surface area contributed by atoms with Crippen LogP contribution < -0.4 is 0 Å². The van der Waals surface area contributed by atoms with E-state index >= 15 is 0 Å². The van der Waals surface area contributed by atoms with Crippen molar-refractivity contribution in [2.24, 2.45) is 22.2 Å². The molecule has 4 rings (SSSR count). The molecule has 0 heterocycles. The van der Waals surface area contributed by atoms with E-state index in [-0.39, 0.29) is 0 Å². The second-order valence-electron chi connectivity index (χ2n) is 6.81. The molecular formula is C14H22. The lowest BCUT2D eigenvalue weighted by Crippen LogP contribution is -2.72. The number of rotatable bonds is 0. The van der Waals surface area contributed by atoms with Gasteiger partial charge >= 0.3 is 0 Å². The molecule has 14 heavy (non-hydrogen) atoms. The summed E-state index contributed by atoms with van der Waals surface area (Å²) in [6.07, 6.45) is 14.3. The Balaban J connectivity index is 1.71. The Morgan fingerprint density at radius 3 is 1.86 bits per heavy atom. The summed E-state index contributed by atoms with van der Waals surface area (Å²) in [7, 11) is 0. The van der Waals surface area contributed by atoms with Crippen LogP contribution in [0, 0.1) is 22.2 Å². The Kier molecular flexibility index (Phi) is 1.22. The molecule has 0 nitrogen and oxygen atoms in total. The average molecular weight is 190 g/mol. The second-order valence-corrected chi connectivity index (χ2v) is 6.81. The van der Waals surface area contributed by atoms with Crippen molar-refractivity contribution in [2.45, 2.75) is 64.7 Å². The Bertz CT molecular complexity index is 275. The molecule has 0 saturated heterocycles. The predicted octanol–water partition coefficient (Wildman–Crippen LogP) is 4.15. The summed E-state index contributed by atoms with van der Waals surface area (Å²) in [6.45, 7) is 2.54. The van der Waals surface area contributed by atoms with Gasteiger partial charge in [0.15, 0.2) is 0 Å². The molecule has 0 aromatic heterocycles. The van der Waals surface area contributed by atoms with E-state index in [1.165, 1.54) is 6.42 Å². The third-order valence-electron chi connectivity index (χ3n) is 7.27. The van der Waals surface area contributed by atoms with Crippen molar-refractivity contribution in [2.75, 3.05) is 0 Å². The lowest BCUT2D eigenvalue weighted by Gasteiger charge is -2.81. The van der Waals surface area contributed by atoms with Crippen LogP contribution >= 0.6 is 0 Å². The predicted molar refractivity (Wildman–Crippen MR) is 58.0 cm³/mol. The lowest BCUT2D eigenvalue weighted by molar-refractivity contribution is -0.319. The second kappa shape index (κ2) is 2.08. The minimum Gasteiger partial charge on any atom is -0.0620 e. The topological polar surface area (TPSA) is 0 Å². The van der Waals surface area contributed by atoms with Gasteiger partial charge in [0.05, 0.1) is 0 Å². The van der Waals surface area contributed by atoms with Gasteiger partial charge in [-0.05, 0) is 73.5 Å². The third kappa shape index (κ3) is 0.537. The van der Waals surface area contributed by atoms with Gasteiger partial charge in [-0.1, -0.05) is 13.3 Å². The third-order valence-corrected chi connectivity index (χ3v) is 7.27. The maximum atomic E-state index is 2.54. The first-order valence-electron chi connectivity index (χ1n) is 6.75. The number of hydrogen-bond donors (Lipinski definition) is 0. The first kappa shape index (κ1) is 8.19. The van der Waals surface area contributed by atoms with E-state index in [1.807, 2.05) is 0 Å². The van der Waals surface area contributed by atoms with Gasteiger partial charge in [-0.3, -0.25) is 0 Å². The van der Waals surface area contributed by atoms with Gasteiger partial charge in [0, 0.05) is 0 Å². The highest BCUT2D eigenvalue weighted by Gasteiger charge is 2.76. The summed E-state index contributed by atoms with van der Waals surface area (Å²) in [4.78, 5) is 0.